The second-order valence-electron chi connectivity index (χ2n) is 7.80. The van der Waals surface area contributed by atoms with Crippen molar-refractivity contribution in [3.8, 4) is 0 Å². The highest BCUT2D eigenvalue weighted by atomic mass is 32.1. The van der Waals surface area contributed by atoms with E-state index in [4.69, 9.17) is 5.73 Å². The van der Waals surface area contributed by atoms with Crippen LogP contribution in [0.25, 0.3) is 10.8 Å². The predicted molar refractivity (Wildman–Crippen MR) is 148 cm³/mol. The number of hydrogen-bond acceptors (Lipinski definition) is 6. The van der Waals surface area contributed by atoms with Crippen LogP contribution in [-0.2, 0) is 6.54 Å². The van der Waals surface area contributed by atoms with E-state index in [1.54, 1.807) is 18.3 Å². The Bertz CT molecular complexity index is 1470. The van der Waals surface area contributed by atoms with Crippen molar-refractivity contribution in [2.24, 2.45) is 10.7 Å². The van der Waals surface area contributed by atoms with Gasteiger partial charge >= 0.3 is 0 Å². The second-order valence-corrected chi connectivity index (χ2v) is 8.80. The lowest BCUT2D eigenvalue weighted by Gasteiger charge is -2.05. The van der Waals surface area contributed by atoms with Gasteiger partial charge in [0.05, 0.1) is 6.54 Å². The summed E-state index contributed by atoms with van der Waals surface area (Å²) in [6, 6.07) is 21.0. The molecule has 180 valence electrons. The number of nitrogens with two attached hydrogens (primary N) is 1. The summed E-state index contributed by atoms with van der Waals surface area (Å²) in [4.78, 5) is 33.4. The standard InChI is InChI=1S/C28H25N5O2S/c1-2-3-4-7-16-30-18-19-10-12-21(13-11-19)26(35)33-27-24(25(29)34)32-28(36-27)31-23-15-14-20-8-5-6-9-22(20)17-23/h2-17H,18H2,1H3,(H2,29,34)(H,31,32)(H,33,35)/b3-2-,7-4-,30-16?. The van der Waals surface area contributed by atoms with Gasteiger partial charge in [-0.1, -0.05) is 72.0 Å². The number of anilines is 3. The Balaban J connectivity index is 1.44. The highest BCUT2D eigenvalue weighted by molar-refractivity contribution is 7.20. The Hall–Kier alpha value is -4.56. The zero-order chi connectivity index (χ0) is 25.3. The van der Waals surface area contributed by atoms with E-state index in [2.05, 4.69) is 20.6 Å². The molecule has 0 saturated carbocycles. The van der Waals surface area contributed by atoms with Crippen molar-refractivity contribution in [3.05, 3.63) is 108 Å². The van der Waals surface area contributed by atoms with Crippen LogP contribution in [0, 0.1) is 0 Å². The lowest BCUT2D eigenvalue weighted by atomic mass is 10.1. The van der Waals surface area contributed by atoms with E-state index in [1.807, 2.05) is 85.8 Å². The lowest BCUT2D eigenvalue weighted by Crippen LogP contribution is -2.17. The summed E-state index contributed by atoms with van der Waals surface area (Å²) in [5.74, 6) is -1.08. The smallest absolute Gasteiger partial charge is 0.270 e. The molecule has 4 aromatic rings. The zero-order valence-electron chi connectivity index (χ0n) is 19.6. The van der Waals surface area contributed by atoms with Gasteiger partial charge in [-0.05, 0) is 53.6 Å². The van der Waals surface area contributed by atoms with E-state index in [1.165, 1.54) is 0 Å². The maximum Gasteiger partial charge on any atom is 0.270 e. The number of carbonyl (C=O) groups excluding carboxylic acids is 2. The molecule has 1 heterocycles. The summed E-state index contributed by atoms with van der Waals surface area (Å²) in [6.07, 6.45) is 9.36. The Labute approximate surface area is 213 Å². The van der Waals surface area contributed by atoms with Gasteiger partial charge in [0.25, 0.3) is 11.8 Å². The Morgan fingerprint density at radius 2 is 1.78 bits per heavy atom. The molecule has 0 spiro atoms. The fourth-order valence-corrected chi connectivity index (χ4v) is 4.28. The van der Waals surface area contributed by atoms with Crippen LogP contribution in [0.3, 0.4) is 0 Å². The zero-order valence-corrected chi connectivity index (χ0v) is 20.5. The molecule has 0 aliphatic carbocycles. The fourth-order valence-electron chi connectivity index (χ4n) is 3.40. The number of carbonyl (C=O) groups is 2. The third-order valence-corrected chi connectivity index (χ3v) is 6.07. The van der Waals surface area contributed by atoms with E-state index < -0.39 is 5.91 Å². The Morgan fingerprint density at radius 1 is 1.00 bits per heavy atom. The number of allylic oxidation sites excluding steroid dienone is 4. The van der Waals surface area contributed by atoms with Crippen molar-refractivity contribution >= 4 is 56.0 Å². The largest absolute Gasteiger partial charge is 0.364 e. The third kappa shape index (κ3) is 6.31. The van der Waals surface area contributed by atoms with Gasteiger partial charge in [0.1, 0.15) is 5.00 Å². The van der Waals surface area contributed by atoms with Gasteiger partial charge in [0, 0.05) is 17.5 Å². The first-order valence-electron chi connectivity index (χ1n) is 11.3. The topological polar surface area (TPSA) is 109 Å². The van der Waals surface area contributed by atoms with Crippen molar-refractivity contribution in [1.29, 1.82) is 0 Å². The number of benzene rings is 3. The van der Waals surface area contributed by atoms with Crippen LogP contribution in [-0.4, -0.2) is 23.0 Å². The van der Waals surface area contributed by atoms with Gasteiger partial charge in [0.15, 0.2) is 10.8 Å². The average Bonchev–Trinajstić information content (AvgIpc) is 3.28. The molecule has 1 aromatic heterocycles. The van der Waals surface area contributed by atoms with Crippen LogP contribution in [0.5, 0.6) is 0 Å². The van der Waals surface area contributed by atoms with Crippen LogP contribution in [0.2, 0.25) is 0 Å². The summed E-state index contributed by atoms with van der Waals surface area (Å²) < 4.78 is 0. The van der Waals surface area contributed by atoms with E-state index in [-0.39, 0.29) is 16.6 Å². The average molecular weight is 496 g/mol. The number of amides is 2. The first-order valence-corrected chi connectivity index (χ1v) is 12.1. The molecule has 0 bridgehead atoms. The summed E-state index contributed by atoms with van der Waals surface area (Å²) in [5, 5.41) is 8.89. The van der Waals surface area contributed by atoms with Crippen molar-refractivity contribution < 1.29 is 9.59 Å². The molecule has 4 N–H and O–H groups in total. The first kappa shape index (κ1) is 24.6. The van der Waals surface area contributed by atoms with Crippen molar-refractivity contribution in [2.75, 3.05) is 10.6 Å². The molecule has 2 amide bonds. The highest BCUT2D eigenvalue weighted by Crippen LogP contribution is 2.31. The molecule has 7 nitrogen and oxygen atoms in total. The number of thiazole rings is 1. The maximum atomic E-state index is 12.8. The molecular formula is C28H25N5O2S. The minimum atomic E-state index is -0.718. The molecule has 0 aliphatic rings. The number of primary amides is 1. The van der Waals surface area contributed by atoms with Gasteiger partial charge in [-0.25, -0.2) is 4.98 Å². The molecule has 4 rings (SSSR count). The van der Waals surface area contributed by atoms with Crippen LogP contribution < -0.4 is 16.4 Å². The number of nitrogens with zero attached hydrogens (tertiary/aromatic N) is 2. The molecule has 8 heteroatoms. The summed E-state index contributed by atoms with van der Waals surface area (Å²) >= 11 is 1.15. The minimum Gasteiger partial charge on any atom is -0.364 e. The number of aromatic nitrogens is 1. The lowest BCUT2D eigenvalue weighted by molar-refractivity contribution is 0.0997. The molecule has 0 unspecified atom stereocenters. The van der Waals surface area contributed by atoms with Crippen molar-refractivity contribution in [2.45, 2.75) is 13.5 Å². The van der Waals surface area contributed by atoms with Crippen LogP contribution in [0.15, 0.2) is 96.0 Å². The van der Waals surface area contributed by atoms with Gasteiger partial charge < -0.3 is 16.4 Å². The van der Waals surface area contributed by atoms with Gasteiger partial charge in [-0.2, -0.15) is 0 Å². The van der Waals surface area contributed by atoms with Gasteiger partial charge in [0.2, 0.25) is 0 Å². The minimum absolute atomic E-state index is 0.00793. The molecule has 0 fully saturated rings. The molecule has 0 radical (unpaired) electrons. The summed E-state index contributed by atoms with van der Waals surface area (Å²) in [6.45, 7) is 2.46. The quantitative estimate of drug-likeness (QED) is 0.193. The van der Waals surface area contributed by atoms with Crippen LogP contribution in [0.1, 0.15) is 33.3 Å². The monoisotopic (exact) mass is 495 g/mol. The Kier molecular flexibility index (Phi) is 8.00. The molecule has 36 heavy (non-hydrogen) atoms. The van der Waals surface area contributed by atoms with E-state index in [0.29, 0.717) is 17.2 Å². The molecule has 0 atom stereocenters. The third-order valence-electron chi connectivity index (χ3n) is 5.18. The fraction of sp³-hybridized carbons (Fsp3) is 0.0714. The summed E-state index contributed by atoms with van der Waals surface area (Å²) in [7, 11) is 0. The summed E-state index contributed by atoms with van der Waals surface area (Å²) in [5.41, 5.74) is 7.76. The Morgan fingerprint density at radius 3 is 2.53 bits per heavy atom. The molecule has 0 saturated heterocycles. The SMILES string of the molecule is C/C=C\C=C/C=NCc1ccc(C(=O)Nc2sc(Nc3ccc4ccccc4c3)nc2C(N)=O)cc1. The maximum absolute atomic E-state index is 12.8. The number of aliphatic imine (C=N–C) groups is 1. The van der Waals surface area contributed by atoms with Crippen molar-refractivity contribution in [3.63, 3.8) is 0 Å². The predicted octanol–water partition coefficient (Wildman–Crippen LogP) is 6.09. The molecule has 0 aliphatic heterocycles. The first-order chi connectivity index (χ1) is 17.5. The van der Waals surface area contributed by atoms with Crippen molar-refractivity contribution in [1.82, 2.24) is 4.98 Å². The normalized spacial score (nSPS) is 11.6. The van der Waals surface area contributed by atoms with Gasteiger partial charge in [-0.15, -0.1) is 0 Å². The number of nitrogens with one attached hydrogen (secondary N) is 2. The van der Waals surface area contributed by atoms with E-state index in [9.17, 15) is 9.59 Å². The van der Waals surface area contributed by atoms with E-state index >= 15 is 0 Å². The van der Waals surface area contributed by atoms with Gasteiger partial charge in [-0.3, -0.25) is 14.6 Å². The highest BCUT2D eigenvalue weighted by Gasteiger charge is 2.19. The number of fused-ring (bicyclic) bond motifs is 1. The van der Waals surface area contributed by atoms with E-state index in [0.717, 1.165) is 33.4 Å². The number of hydrogen-bond donors (Lipinski definition) is 3. The number of rotatable bonds is 9. The van der Waals surface area contributed by atoms with Crippen LogP contribution in [0.4, 0.5) is 15.8 Å². The molecular weight excluding hydrogens is 470 g/mol. The van der Waals surface area contributed by atoms with Crippen LogP contribution >= 0.6 is 11.3 Å². The molecule has 3 aromatic carbocycles. The second kappa shape index (κ2) is 11.7.